The average Bonchev–Trinajstić information content (AvgIpc) is 2.68. The Morgan fingerprint density at radius 2 is 2.33 bits per heavy atom. The number of carbonyl (C=O) groups is 1. The maximum atomic E-state index is 12.2. The van der Waals surface area contributed by atoms with E-state index in [2.05, 4.69) is 10.6 Å². The van der Waals surface area contributed by atoms with Crippen LogP contribution in [-0.4, -0.2) is 29.7 Å². The fraction of sp³-hybridized carbons (Fsp3) is 0.583. The number of hydrogen-bond donors (Lipinski definition) is 3. The first-order chi connectivity index (χ1) is 8.37. The predicted molar refractivity (Wildman–Crippen MR) is 72.8 cm³/mol. The first kappa shape index (κ1) is 13.8. The van der Waals surface area contributed by atoms with E-state index in [-0.39, 0.29) is 5.91 Å². The Balaban J connectivity index is 1.97. The van der Waals surface area contributed by atoms with Crippen molar-refractivity contribution in [1.29, 1.82) is 0 Å². The van der Waals surface area contributed by atoms with Crippen LogP contribution in [0.2, 0.25) is 5.02 Å². The van der Waals surface area contributed by atoms with E-state index in [9.17, 15) is 9.90 Å². The molecule has 0 radical (unpaired) electrons. The summed E-state index contributed by atoms with van der Waals surface area (Å²) in [6.45, 7) is 4.83. The number of amides is 1. The molecule has 0 saturated carbocycles. The number of aliphatic hydroxyl groups is 1. The van der Waals surface area contributed by atoms with Crippen molar-refractivity contribution in [2.24, 2.45) is 5.41 Å². The second kappa shape index (κ2) is 4.81. The van der Waals surface area contributed by atoms with Gasteiger partial charge in [-0.15, -0.1) is 11.3 Å². The predicted octanol–water partition coefficient (Wildman–Crippen LogP) is 1.38. The van der Waals surface area contributed by atoms with Crippen molar-refractivity contribution in [3.05, 3.63) is 21.3 Å². The summed E-state index contributed by atoms with van der Waals surface area (Å²) in [5, 5.41) is 18.7. The molecular weight excluding hydrogens is 272 g/mol. The van der Waals surface area contributed by atoms with Crippen LogP contribution in [0.5, 0.6) is 0 Å². The molecule has 3 N–H and O–H groups in total. The summed E-state index contributed by atoms with van der Waals surface area (Å²) in [5.74, 6) is -0.157. The van der Waals surface area contributed by atoms with Gasteiger partial charge < -0.3 is 15.7 Å². The third kappa shape index (κ3) is 2.28. The Labute approximate surface area is 115 Å². The molecule has 1 amide bonds. The molecule has 4 nitrogen and oxygen atoms in total. The number of β-amino-alcohol motifs (C(OH)–C–C–N with tert-alkyl or cyclic N) is 1. The number of nitrogens with one attached hydrogen (secondary N) is 2. The maximum absolute atomic E-state index is 12.2. The molecule has 2 rings (SSSR count). The number of hydrogen-bond acceptors (Lipinski definition) is 4. The summed E-state index contributed by atoms with van der Waals surface area (Å²) < 4.78 is 0. The van der Waals surface area contributed by atoms with Gasteiger partial charge in [0.15, 0.2) is 0 Å². The Morgan fingerprint density at radius 1 is 1.67 bits per heavy atom. The lowest BCUT2D eigenvalue weighted by molar-refractivity contribution is -0.154. The molecule has 0 atom stereocenters. The lowest BCUT2D eigenvalue weighted by atomic mass is 9.70. The van der Waals surface area contributed by atoms with Crippen LogP contribution >= 0.6 is 22.9 Å². The molecule has 0 bridgehead atoms. The normalized spacial score (nSPS) is 18.2. The van der Waals surface area contributed by atoms with Crippen LogP contribution < -0.4 is 10.6 Å². The number of thiophene rings is 1. The first-order valence-corrected chi connectivity index (χ1v) is 7.06. The van der Waals surface area contributed by atoms with Gasteiger partial charge in [0.1, 0.15) is 5.60 Å². The largest absolute Gasteiger partial charge is 0.386 e. The number of carbonyl (C=O) groups excluding carboxylic acids is 1. The monoisotopic (exact) mass is 288 g/mol. The topological polar surface area (TPSA) is 61.4 Å². The minimum absolute atomic E-state index is 0.157. The van der Waals surface area contributed by atoms with Crippen LogP contribution in [0, 0.1) is 5.41 Å². The third-order valence-corrected chi connectivity index (χ3v) is 5.05. The SMILES string of the molecule is CC(C)(C(=O)NCc1sccc1Cl)C1(O)CNC1. The molecule has 6 heteroatoms. The Morgan fingerprint density at radius 3 is 2.78 bits per heavy atom. The zero-order valence-electron chi connectivity index (χ0n) is 10.4. The summed E-state index contributed by atoms with van der Waals surface area (Å²) in [6, 6.07) is 1.81. The smallest absolute Gasteiger partial charge is 0.228 e. The quantitative estimate of drug-likeness (QED) is 0.784. The second-order valence-electron chi connectivity index (χ2n) is 5.13. The summed E-state index contributed by atoms with van der Waals surface area (Å²) in [4.78, 5) is 13.1. The summed E-state index contributed by atoms with van der Waals surface area (Å²) in [6.07, 6.45) is 0. The van der Waals surface area contributed by atoms with Crippen molar-refractivity contribution in [2.45, 2.75) is 26.0 Å². The van der Waals surface area contributed by atoms with Crippen molar-refractivity contribution in [1.82, 2.24) is 10.6 Å². The van der Waals surface area contributed by atoms with Crippen molar-refractivity contribution in [3.63, 3.8) is 0 Å². The lowest BCUT2D eigenvalue weighted by Gasteiger charge is -2.48. The fourth-order valence-electron chi connectivity index (χ4n) is 1.85. The van der Waals surface area contributed by atoms with Crippen molar-refractivity contribution in [3.8, 4) is 0 Å². The molecule has 1 aliphatic heterocycles. The van der Waals surface area contributed by atoms with Gasteiger partial charge in [0.2, 0.25) is 5.91 Å². The Hall–Kier alpha value is -0.620. The van der Waals surface area contributed by atoms with E-state index < -0.39 is 11.0 Å². The summed E-state index contributed by atoms with van der Waals surface area (Å²) in [5.41, 5.74) is -1.78. The highest BCUT2D eigenvalue weighted by molar-refractivity contribution is 7.10. The van der Waals surface area contributed by atoms with Gasteiger partial charge in [-0.1, -0.05) is 11.6 Å². The molecule has 1 aromatic rings. The van der Waals surface area contributed by atoms with E-state index in [0.29, 0.717) is 24.7 Å². The maximum Gasteiger partial charge on any atom is 0.228 e. The molecule has 100 valence electrons. The number of halogens is 1. The van der Waals surface area contributed by atoms with Gasteiger partial charge in [0.25, 0.3) is 0 Å². The summed E-state index contributed by atoms with van der Waals surface area (Å²) >= 11 is 7.47. The zero-order chi connectivity index (χ0) is 13.4. The molecule has 1 aromatic heterocycles. The third-order valence-electron chi connectivity index (χ3n) is 3.67. The van der Waals surface area contributed by atoms with Crippen LogP contribution in [-0.2, 0) is 11.3 Å². The van der Waals surface area contributed by atoms with Crippen LogP contribution in [0.4, 0.5) is 0 Å². The molecule has 0 aromatic carbocycles. The van der Waals surface area contributed by atoms with Crippen molar-refractivity contribution in [2.75, 3.05) is 13.1 Å². The highest BCUT2D eigenvalue weighted by Crippen LogP contribution is 2.34. The highest BCUT2D eigenvalue weighted by atomic mass is 35.5. The molecule has 2 heterocycles. The van der Waals surface area contributed by atoms with Gasteiger partial charge in [-0.05, 0) is 25.3 Å². The lowest BCUT2D eigenvalue weighted by Crippen LogP contribution is -2.70. The van der Waals surface area contributed by atoms with E-state index >= 15 is 0 Å². The zero-order valence-corrected chi connectivity index (χ0v) is 12.0. The first-order valence-electron chi connectivity index (χ1n) is 5.80. The minimum Gasteiger partial charge on any atom is -0.386 e. The average molecular weight is 289 g/mol. The number of rotatable bonds is 4. The Kier molecular flexibility index (Phi) is 3.69. The molecular formula is C12H17ClN2O2S. The van der Waals surface area contributed by atoms with E-state index in [4.69, 9.17) is 11.6 Å². The summed E-state index contributed by atoms with van der Waals surface area (Å²) in [7, 11) is 0. The van der Waals surface area contributed by atoms with Gasteiger partial charge in [0.05, 0.1) is 17.0 Å². The van der Waals surface area contributed by atoms with Gasteiger partial charge in [-0.2, -0.15) is 0 Å². The molecule has 0 aliphatic carbocycles. The molecule has 1 saturated heterocycles. The van der Waals surface area contributed by atoms with Gasteiger partial charge >= 0.3 is 0 Å². The molecule has 18 heavy (non-hydrogen) atoms. The van der Waals surface area contributed by atoms with Crippen LogP contribution in [0.15, 0.2) is 11.4 Å². The van der Waals surface area contributed by atoms with E-state index in [1.54, 1.807) is 13.8 Å². The standard InChI is InChI=1S/C12H17ClN2O2S/c1-11(2,12(17)6-14-7-12)10(16)15-5-9-8(13)3-4-18-9/h3-4,14,17H,5-7H2,1-2H3,(H,15,16). The molecule has 1 aliphatic rings. The van der Waals surface area contributed by atoms with Crippen LogP contribution in [0.3, 0.4) is 0 Å². The van der Waals surface area contributed by atoms with Crippen LogP contribution in [0.25, 0.3) is 0 Å². The van der Waals surface area contributed by atoms with Crippen molar-refractivity contribution < 1.29 is 9.90 Å². The molecule has 0 spiro atoms. The van der Waals surface area contributed by atoms with E-state index in [0.717, 1.165) is 4.88 Å². The fourth-order valence-corrected chi connectivity index (χ4v) is 2.89. The minimum atomic E-state index is -0.962. The van der Waals surface area contributed by atoms with Gasteiger partial charge in [0, 0.05) is 18.0 Å². The van der Waals surface area contributed by atoms with E-state index in [1.807, 2.05) is 11.4 Å². The molecule has 1 fully saturated rings. The van der Waals surface area contributed by atoms with E-state index in [1.165, 1.54) is 11.3 Å². The Bertz CT molecular complexity index is 455. The van der Waals surface area contributed by atoms with Crippen molar-refractivity contribution >= 4 is 28.8 Å². The highest BCUT2D eigenvalue weighted by Gasteiger charge is 2.52. The van der Waals surface area contributed by atoms with Crippen LogP contribution in [0.1, 0.15) is 18.7 Å². The van der Waals surface area contributed by atoms with Gasteiger partial charge in [-0.25, -0.2) is 0 Å². The second-order valence-corrected chi connectivity index (χ2v) is 6.54. The van der Waals surface area contributed by atoms with Gasteiger partial charge in [-0.3, -0.25) is 4.79 Å². The molecule has 0 unspecified atom stereocenters.